The highest BCUT2D eigenvalue weighted by atomic mass is 16.3. The first-order chi connectivity index (χ1) is 10.0. The minimum atomic E-state index is -0.459. The Morgan fingerprint density at radius 2 is 1.76 bits per heavy atom. The zero-order valence-corrected chi connectivity index (χ0v) is 10.8. The molecule has 21 heavy (non-hydrogen) atoms. The fourth-order valence-corrected chi connectivity index (χ4v) is 2.09. The quantitative estimate of drug-likeness (QED) is 0.466. The summed E-state index contributed by atoms with van der Waals surface area (Å²) in [5.41, 5.74) is 1.21. The predicted molar refractivity (Wildman–Crippen MR) is 77.7 cm³/mol. The Hall–Kier alpha value is -3.15. The molecule has 3 rings (SSSR count). The van der Waals surface area contributed by atoms with Crippen molar-refractivity contribution in [3.8, 4) is 17.2 Å². The SMILES string of the molecule is O=C(Nc1cc(O)c2[nH]ccc2c1)c1ccc(O)c(O)c1. The first kappa shape index (κ1) is 12.9. The summed E-state index contributed by atoms with van der Waals surface area (Å²) in [5, 5.41) is 31.9. The lowest BCUT2D eigenvalue weighted by Gasteiger charge is -2.07. The highest BCUT2D eigenvalue weighted by Gasteiger charge is 2.11. The van der Waals surface area contributed by atoms with Crippen molar-refractivity contribution in [2.45, 2.75) is 0 Å². The maximum Gasteiger partial charge on any atom is 0.255 e. The Bertz CT molecular complexity index is 839. The van der Waals surface area contributed by atoms with Crippen molar-refractivity contribution in [3.63, 3.8) is 0 Å². The first-order valence-corrected chi connectivity index (χ1v) is 6.18. The summed E-state index contributed by atoms with van der Waals surface area (Å²) in [6.45, 7) is 0. The molecule has 2 aromatic carbocycles. The third kappa shape index (κ3) is 2.34. The molecular weight excluding hydrogens is 272 g/mol. The van der Waals surface area contributed by atoms with Gasteiger partial charge in [-0.15, -0.1) is 0 Å². The lowest BCUT2D eigenvalue weighted by atomic mass is 10.1. The van der Waals surface area contributed by atoms with Crippen LogP contribution in [0.2, 0.25) is 0 Å². The fourth-order valence-electron chi connectivity index (χ4n) is 2.09. The van der Waals surface area contributed by atoms with E-state index in [1.807, 2.05) is 0 Å². The van der Waals surface area contributed by atoms with Crippen LogP contribution in [0.1, 0.15) is 10.4 Å². The normalized spacial score (nSPS) is 10.7. The number of benzene rings is 2. The molecule has 1 aromatic heterocycles. The van der Waals surface area contributed by atoms with Gasteiger partial charge < -0.3 is 25.6 Å². The second-order valence-corrected chi connectivity index (χ2v) is 4.59. The Morgan fingerprint density at radius 3 is 2.52 bits per heavy atom. The van der Waals surface area contributed by atoms with E-state index in [1.165, 1.54) is 24.3 Å². The van der Waals surface area contributed by atoms with E-state index >= 15 is 0 Å². The van der Waals surface area contributed by atoms with Gasteiger partial charge in [0.15, 0.2) is 11.5 Å². The largest absolute Gasteiger partial charge is 0.506 e. The lowest BCUT2D eigenvalue weighted by molar-refractivity contribution is 0.102. The summed E-state index contributed by atoms with van der Waals surface area (Å²) < 4.78 is 0. The lowest BCUT2D eigenvalue weighted by Crippen LogP contribution is -2.11. The van der Waals surface area contributed by atoms with Crippen molar-refractivity contribution in [1.29, 1.82) is 0 Å². The molecule has 0 saturated carbocycles. The number of anilines is 1. The number of aromatic hydroxyl groups is 3. The average Bonchev–Trinajstić information content (AvgIpc) is 2.90. The summed E-state index contributed by atoms with van der Waals surface area (Å²) in [4.78, 5) is 15.0. The summed E-state index contributed by atoms with van der Waals surface area (Å²) >= 11 is 0. The van der Waals surface area contributed by atoms with Crippen LogP contribution in [0.3, 0.4) is 0 Å². The predicted octanol–water partition coefficient (Wildman–Crippen LogP) is 2.54. The molecule has 0 radical (unpaired) electrons. The third-order valence-corrected chi connectivity index (χ3v) is 3.13. The zero-order valence-electron chi connectivity index (χ0n) is 10.8. The van der Waals surface area contributed by atoms with Crippen LogP contribution in [0.15, 0.2) is 42.6 Å². The molecule has 0 aliphatic rings. The van der Waals surface area contributed by atoms with Gasteiger partial charge in [0.05, 0.1) is 5.52 Å². The number of carbonyl (C=O) groups is 1. The number of rotatable bonds is 2. The highest BCUT2D eigenvalue weighted by Crippen LogP contribution is 2.29. The summed E-state index contributed by atoms with van der Waals surface area (Å²) in [5.74, 6) is -1.09. The van der Waals surface area contributed by atoms with Crippen molar-refractivity contribution < 1.29 is 20.1 Å². The van der Waals surface area contributed by atoms with Crippen LogP contribution in [0, 0.1) is 0 Å². The second kappa shape index (κ2) is 4.75. The molecule has 106 valence electrons. The van der Waals surface area contributed by atoms with E-state index in [1.54, 1.807) is 18.3 Å². The molecule has 0 spiro atoms. The van der Waals surface area contributed by atoms with Crippen molar-refractivity contribution in [2.75, 3.05) is 5.32 Å². The van der Waals surface area contributed by atoms with Crippen molar-refractivity contribution in [2.24, 2.45) is 0 Å². The number of nitrogens with one attached hydrogen (secondary N) is 2. The third-order valence-electron chi connectivity index (χ3n) is 3.13. The molecule has 6 heteroatoms. The number of hydrogen-bond donors (Lipinski definition) is 5. The van der Waals surface area contributed by atoms with Crippen molar-refractivity contribution in [3.05, 3.63) is 48.2 Å². The van der Waals surface area contributed by atoms with Crippen molar-refractivity contribution in [1.82, 2.24) is 4.98 Å². The Morgan fingerprint density at radius 1 is 0.952 bits per heavy atom. The van der Waals surface area contributed by atoms with Gasteiger partial charge in [-0.3, -0.25) is 4.79 Å². The number of amides is 1. The molecule has 0 bridgehead atoms. The van der Waals surface area contributed by atoms with Crippen LogP contribution in [-0.2, 0) is 0 Å². The standard InChI is InChI=1S/C15H12N2O4/c18-11-2-1-9(6-12(11)19)15(21)17-10-5-8-3-4-16-14(8)13(20)7-10/h1-7,16,18-20H,(H,17,21). The summed E-state index contributed by atoms with van der Waals surface area (Å²) in [6.07, 6.45) is 1.69. The molecule has 0 aliphatic carbocycles. The van der Waals surface area contributed by atoms with Crippen LogP contribution >= 0.6 is 0 Å². The maximum absolute atomic E-state index is 12.1. The Kier molecular flexibility index (Phi) is 2.91. The second-order valence-electron chi connectivity index (χ2n) is 4.59. The minimum Gasteiger partial charge on any atom is -0.506 e. The Balaban J connectivity index is 1.90. The van der Waals surface area contributed by atoms with Gasteiger partial charge in [-0.1, -0.05) is 0 Å². The van der Waals surface area contributed by atoms with E-state index in [9.17, 15) is 20.1 Å². The molecule has 3 aromatic rings. The summed E-state index contributed by atoms with van der Waals surface area (Å²) in [7, 11) is 0. The molecule has 0 aliphatic heterocycles. The fraction of sp³-hybridized carbons (Fsp3) is 0. The molecule has 0 atom stereocenters. The van der Waals surface area contributed by atoms with E-state index in [0.29, 0.717) is 11.2 Å². The smallest absolute Gasteiger partial charge is 0.255 e. The monoisotopic (exact) mass is 284 g/mol. The van der Waals surface area contributed by atoms with E-state index in [4.69, 9.17) is 0 Å². The molecule has 5 N–H and O–H groups in total. The summed E-state index contributed by atoms with van der Waals surface area (Å²) in [6, 6.07) is 8.70. The first-order valence-electron chi connectivity index (χ1n) is 6.18. The average molecular weight is 284 g/mol. The zero-order chi connectivity index (χ0) is 15.0. The van der Waals surface area contributed by atoms with Gasteiger partial charge in [-0.25, -0.2) is 0 Å². The number of phenols is 3. The van der Waals surface area contributed by atoms with E-state index in [2.05, 4.69) is 10.3 Å². The Labute approximate surface area is 119 Å². The molecule has 0 saturated heterocycles. The van der Waals surface area contributed by atoms with Gasteiger partial charge in [0.2, 0.25) is 0 Å². The van der Waals surface area contributed by atoms with Crippen LogP contribution in [0.5, 0.6) is 17.2 Å². The molecule has 1 amide bonds. The number of aromatic nitrogens is 1. The number of aromatic amines is 1. The van der Waals surface area contributed by atoms with Crippen LogP contribution in [0.25, 0.3) is 10.9 Å². The van der Waals surface area contributed by atoms with Gasteiger partial charge in [0, 0.05) is 28.9 Å². The van der Waals surface area contributed by atoms with Crippen LogP contribution < -0.4 is 5.32 Å². The maximum atomic E-state index is 12.1. The molecular formula is C15H12N2O4. The number of carbonyl (C=O) groups excluding carboxylic acids is 1. The molecule has 0 unspecified atom stereocenters. The van der Waals surface area contributed by atoms with Gasteiger partial charge in [0.1, 0.15) is 5.75 Å². The van der Waals surface area contributed by atoms with Gasteiger partial charge >= 0.3 is 0 Å². The minimum absolute atomic E-state index is 0.0290. The number of fused-ring (bicyclic) bond motifs is 1. The molecule has 0 fully saturated rings. The number of hydrogen-bond acceptors (Lipinski definition) is 4. The highest BCUT2D eigenvalue weighted by molar-refractivity contribution is 6.06. The van der Waals surface area contributed by atoms with E-state index in [0.717, 1.165) is 5.39 Å². The van der Waals surface area contributed by atoms with E-state index < -0.39 is 5.91 Å². The topological polar surface area (TPSA) is 106 Å². The van der Waals surface area contributed by atoms with Gasteiger partial charge in [0.25, 0.3) is 5.91 Å². The van der Waals surface area contributed by atoms with Crippen molar-refractivity contribution >= 4 is 22.5 Å². The van der Waals surface area contributed by atoms with E-state index in [-0.39, 0.29) is 22.8 Å². The van der Waals surface area contributed by atoms with Crippen LogP contribution in [0.4, 0.5) is 5.69 Å². The molecule has 1 heterocycles. The number of H-pyrrole nitrogens is 1. The number of phenolic OH excluding ortho intramolecular Hbond substituents is 3. The van der Waals surface area contributed by atoms with Gasteiger partial charge in [-0.2, -0.15) is 0 Å². The van der Waals surface area contributed by atoms with Crippen LogP contribution in [-0.4, -0.2) is 26.2 Å². The van der Waals surface area contributed by atoms with Gasteiger partial charge in [-0.05, 0) is 30.3 Å². The molecule has 6 nitrogen and oxygen atoms in total.